The molecule has 1 aliphatic heterocycles. The monoisotopic (exact) mass is 665 g/mol. The van der Waals surface area contributed by atoms with Crippen molar-refractivity contribution in [2.45, 2.75) is 128 Å². The van der Waals surface area contributed by atoms with Crippen LogP contribution in [-0.4, -0.2) is 84.1 Å². The average molecular weight is 666 g/mol. The number of urea groups is 1. The van der Waals surface area contributed by atoms with E-state index in [9.17, 15) is 32.4 Å². The van der Waals surface area contributed by atoms with Gasteiger partial charge in [0.1, 0.15) is 12.1 Å². The Morgan fingerprint density at radius 1 is 0.913 bits per heavy atom. The van der Waals surface area contributed by atoms with E-state index in [1.54, 1.807) is 27.7 Å². The van der Waals surface area contributed by atoms with Gasteiger partial charge in [-0.1, -0.05) is 58.1 Å². The number of carbonyl (C=O) groups is 5. The number of nitrogens with zero attached hydrogens (tertiary/aromatic N) is 1. The lowest BCUT2D eigenvalue weighted by atomic mass is 9.83. The maximum absolute atomic E-state index is 14.4. The molecule has 0 aromatic rings. The predicted octanol–water partition coefficient (Wildman–Crippen LogP) is 2.60. The molecule has 3 rings (SSSR count). The van der Waals surface area contributed by atoms with E-state index in [4.69, 9.17) is 5.73 Å². The molecule has 1 heterocycles. The molecule has 3 fully saturated rings. The summed E-state index contributed by atoms with van der Waals surface area (Å²) in [4.78, 5) is 67.7. The number of rotatable bonds is 14. The number of likely N-dealkylation sites (tertiary alicyclic amines) is 1. The smallest absolute Gasteiger partial charge is 0.315 e. The summed E-state index contributed by atoms with van der Waals surface area (Å²) < 4.78 is 24.9. The Labute approximate surface area is 274 Å². The number of hydrogen-bond donors (Lipinski definition) is 4. The number of nitrogens with one attached hydrogen (secondary N) is 3. The van der Waals surface area contributed by atoms with Crippen LogP contribution >= 0.6 is 0 Å². The minimum atomic E-state index is -3.60. The zero-order chi connectivity index (χ0) is 34.6. The summed E-state index contributed by atoms with van der Waals surface area (Å²) in [5, 5.41) is 8.36. The third kappa shape index (κ3) is 9.54. The standard InChI is InChI=1S/C33H55N5O7S/c1-19(2)23-15-16-38(27(23)30(41)35-24(17-21-13-14-21)28(39)29(34)40)31(42)26(22-11-9-8-10-12-22)37-32(43)36-25(20(3)4)18-46(44,45)33(5,6)7/h19,21-27H,3,8-18H2,1-2,4-7H3,(H2,34,40)(H,35,41)(H2,36,37,43)/t23-,24?,25-,26+,27+/m1/s1. The third-order valence-electron chi connectivity index (χ3n) is 9.89. The quantitative estimate of drug-likeness (QED) is 0.162. The fraction of sp³-hybridized carbons (Fsp3) is 0.788. The highest BCUT2D eigenvalue weighted by molar-refractivity contribution is 7.92. The fourth-order valence-corrected chi connectivity index (χ4v) is 7.90. The Kier molecular flexibility index (Phi) is 12.5. The van der Waals surface area contributed by atoms with Gasteiger partial charge in [0.2, 0.25) is 17.6 Å². The largest absolute Gasteiger partial charge is 0.363 e. The molecule has 13 heteroatoms. The molecule has 46 heavy (non-hydrogen) atoms. The number of nitrogens with two attached hydrogens (primary N) is 1. The molecule has 3 aliphatic rings. The normalized spacial score (nSPS) is 22.9. The van der Waals surface area contributed by atoms with Crippen molar-refractivity contribution in [1.82, 2.24) is 20.9 Å². The van der Waals surface area contributed by atoms with Crippen LogP contribution in [0.1, 0.15) is 99.3 Å². The van der Waals surface area contributed by atoms with Gasteiger partial charge in [-0.3, -0.25) is 19.2 Å². The molecule has 0 spiro atoms. The molecule has 0 aromatic carbocycles. The number of Topliss-reactive ketones (excluding diaryl/α,β-unsaturated/α-hetero) is 1. The summed E-state index contributed by atoms with van der Waals surface area (Å²) in [5.74, 6) is -3.30. The van der Waals surface area contributed by atoms with Crippen LogP contribution in [0.5, 0.6) is 0 Å². The second-order valence-electron chi connectivity index (χ2n) is 14.9. The summed E-state index contributed by atoms with van der Waals surface area (Å²) in [6.07, 6.45) is 6.94. The Morgan fingerprint density at radius 3 is 2.02 bits per heavy atom. The zero-order valence-electron chi connectivity index (χ0n) is 28.4. The van der Waals surface area contributed by atoms with Gasteiger partial charge in [0, 0.05) is 6.54 Å². The summed E-state index contributed by atoms with van der Waals surface area (Å²) in [6, 6.07) is -4.44. The van der Waals surface area contributed by atoms with Crippen LogP contribution in [-0.2, 0) is 29.0 Å². The molecule has 260 valence electrons. The molecule has 5 atom stereocenters. The van der Waals surface area contributed by atoms with Gasteiger partial charge in [-0.2, -0.15) is 0 Å². The minimum absolute atomic E-state index is 0.0350. The minimum Gasteiger partial charge on any atom is -0.363 e. The van der Waals surface area contributed by atoms with E-state index in [1.807, 2.05) is 13.8 Å². The van der Waals surface area contributed by atoms with Crippen LogP contribution in [0.2, 0.25) is 0 Å². The van der Waals surface area contributed by atoms with Crippen molar-refractivity contribution in [2.75, 3.05) is 12.3 Å². The Balaban J connectivity index is 1.86. The second-order valence-corrected chi connectivity index (χ2v) is 17.7. The molecule has 2 aliphatic carbocycles. The predicted molar refractivity (Wildman–Crippen MR) is 176 cm³/mol. The summed E-state index contributed by atoms with van der Waals surface area (Å²) in [6.45, 7) is 14.6. The van der Waals surface area contributed by atoms with Crippen LogP contribution in [0.4, 0.5) is 4.79 Å². The summed E-state index contributed by atoms with van der Waals surface area (Å²) in [5.41, 5.74) is 5.76. The number of ketones is 1. The first-order valence-electron chi connectivity index (χ1n) is 16.7. The van der Waals surface area contributed by atoms with Gasteiger partial charge >= 0.3 is 6.03 Å². The molecular formula is C33H55N5O7S. The lowest BCUT2D eigenvalue weighted by Gasteiger charge is -2.36. The molecular weight excluding hydrogens is 610 g/mol. The number of amides is 5. The van der Waals surface area contributed by atoms with Crippen molar-refractivity contribution >= 4 is 39.4 Å². The number of primary amides is 1. The highest BCUT2D eigenvalue weighted by Gasteiger charge is 2.47. The molecule has 5 amide bonds. The van der Waals surface area contributed by atoms with E-state index in [1.165, 1.54) is 4.90 Å². The van der Waals surface area contributed by atoms with Crippen LogP contribution in [0.15, 0.2) is 12.2 Å². The number of hydrogen-bond acceptors (Lipinski definition) is 7. The van der Waals surface area contributed by atoms with Crippen molar-refractivity contribution in [3.05, 3.63) is 12.2 Å². The number of sulfone groups is 1. The third-order valence-corrected chi connectivity index (χ3v) is 12.5. The Hall–Kier alpha value is -2.96. The van der Waals surface area contributed by atoms with Gasteiger partial charge in [-0.25, -0.2) is 13.2 Å². The molecule has 0 aromatic heterocycles. The number of carbonyl (C=O) groups excluding carboxylic acids is 5. The van der Waals surface area contributed by atoms with Gasteiger partial charge in [0.05, 0.1) is 22.6 Å². The van der Waals surface area contributed by atoms with Crippen molar-refractivity contribution in [1.29, 1.82) is 0 Å². The molecule has 0 radical (unpaired) electrons. The van der Waals surface area contributed by atoms with Gasteiger partial charge in [0.15, 0.2) is 9.84 Å². The van der Waals surface area contributed by atoms with E-state index < -0.39 is 62.4 Å². The van der Waals surface area contributed by atoms with E-state index in [-0.39, 0.29) is 35.3 Å². The van der Waals surface area contributed by atoms with Crippen LogP contribution < -0.4 is 21.7 Å². The molecule has 1 unspecified atom stereocenters. The van der Waals surface area contributed by atoms with E-state index in [0.717, 1.165) is 32.1 Å². The first kappa shape index (κ1) is 37.5. The van der Waals surface area contributed by atoms with Gasteiger partial charge in [-0.05, 0) is 77.0 Å². The van der Waals surface area contributed by atoms with E-state index in [0.29, 0.717) is 37.8 Å². The van der Waals surface area contributed by atoms with Crippen molar-refractivity contribution in [2.24, 2.45) is 29.4 Å². The van der Waals surface area contributed by atoms with Crippen molar-refractivity contribution < 1.29 is 32.4 Å². The average Bonchev–Trinajstić information content (AvgIpc) is 3.67. The zero-order valence-corrected chi connectivity index (χ0v) is 29.2. The lowest BCUT2D eigenvalue weighted by Crippen LogP contribution is -2.60. The van der Waals surface area contributed by atoms with Gasteiger partial charge < -0.3 is 26.6 Å². The highest BCUT2D eigenvalue weighted by Crippen LogP contribution is 2.36. The van der Waals surface area contributed by atoms with Gasteiger partial charge in [-0.15, -0.1) is 0 Å². The molecule has 12 nitrogen and oxygen atoms in total. The summed E-state index contributed by atoms with van der Waals surface area (Å²) in [7, 11) is -3.60. The van der Waals surface area contributed by atoms with E-state index in [2.05, 4.69) is 22.5 Å². The second kappa shape index (κ2) is 15.3. The Bertz CT molecular complexity index is 1280. The van der Waals surface area contributed by atoms with Gasteiger partial charge in [0.25, 0.3) is 5.91 Å². The van der Waals surface area contributed by atoms with E-state index >= 15 is 0 Å². The first-order chi connectivity index (χ1) is 21.3. The molecule has 1 saturated heterocycles. The molecule has 2 saturated carbocycles. The maximum atomic E-state index is 14.4. The van der Waals surface area contributed by atoms with Crippen LogP contribution in [0.25, 0.3) is 0 Å². The first-order valence-corrected chi connectivity index (χ1v) is 18.4. The fourth-order valence-electron chi connectivity index (χ4n) is 6.59. The molecule has 5 N–H and O–H groups in total. The highest BCUT2D eigenvalue weighted by atomic mass is 32.2. The van der Waals surface area contributed by atoms with Crippen molar-refractivity contribution in [3.8, 4) is 0 Å². The maximum Gasteiger partial charge on any atom is 0.315 e. The SMILES string of the molecule is C=C(C)[C@@H](CS(=O)(=O)C(C)(C)C)NC(=O)N[C@H](C(=O)N1CC[C@H](C(C)C)[C@H]1C(=O)NC(CC1CC1)C(=O)C(N)=O)C1CCCCC1. The topological polar surface area (TPSA) is 185 Å². The lowest BCUT2D eigenvalue weighted by molar-refractivity contribution is -0.144. The molecule has 0 bridgehead atoms. The summed E-state index contributed by atoms with van der Waals surface area (Å²) >= 11 is 0. The van der Waals surface area contributed by atoms with Crippen LogP contribution in [0, 0.1) is 23.7 Å². The van der Waals surface area contributed by atoms with Crippen LogP contribution in [0.3, 0.4) is 0 Å². The van der Waals surface area contributed by atoms with Crippen molar-refractivity contribution in [3.63, 3.8) is 0 Å². The Morgan fingerprint density at radius 2 is 1.52 bits per heavy atom.